The molecule has 0 saturated carbocycles. The van der Waals surface area contributed by atoms with E-state index in [0.29, 0.717) is 6.54 Å². The van der Waals surface area contributed by atoms with Gasteiger partial charge in [0.2, 0.25) is 0 Å². The standard InChI is InChI=1S/C14H20FNO2/c1-5-16(14(17)11(3)18-4)10(2)12-6-8-13(15)9-7-12/h6-11H,5H2,1-4H3. The minimum absolute atomic E-state index is 0.0585. The summed E-state index contributed by atoms with van der Waals surface area (Å²) in [6.07, 6.45) is -0.465. The fourth-order valence-corrected chi connectivity index (χ4v) is 1.88. The average Bonchev–Trinajstić information content (AvgIpc) is 2.39. The molecule has 4 heteroatoms. The number of carbonyl (C=O) groups excluding carboxylic acids is 1. The van der Waals surface area contributed by atoms with E-state index in [1.54, 1.807) is 24.0 Å². The van der Waals surface area contributed by atoms with E-state index >= 15 is 0 Å². The van der Waals surface area contributed by atoms with Gasteiger partial charge in [0.1, 0.15) is 11.9 Å². The van der Waals surface area contributed by atoms with Gasteiger partial charge in [0.25, 0.3) is 5.91 Å². The summed E-state index contributed by atoms with van der Waals surface area (Å²) in [5.74, 6) is -0.331. The van der Waals surface area contributed by atoms with Gasteiger partial charge < -0.3 is 9.64 Å². The smallest absolute Gasteiger partial charge is 0.251 e. The highest BCUT2D eigenvalue weighted by Crippen LogP contribution is 2.21. The fraction of sp³-hybridized carbons (Fsp3) is 0.500. The molecule has 0 aliphatic rings. The number of hydrogen-bond donors (Lipinski definition) is 0. The third kappa shape index (κ3) is 3.29. The minimum atomic E-state index is -0.465. The van der Waals surface area contributed by atoms with Crippen molar-refractivity contribution < 1.29 is 13.9 Å². The molecule has 100 valence electrons. The molecule has 2 atom stereocenters. The Hall–Kier alpha value is -1.42. The first-order valence-electron chi connectivity index (χ1n) is 6.10. The Morgan fingerprint density at radius 3 is 2.33 bits per heavy atom. The largest absolute Gasteiger partial charge is 0.372 e. The molecule has 0 bridgehead atoms. The normalized spacial score (nSPS) is 14.1. The lowest BCUT2D eigenvalue weighted by molar-refractivity contribution is -0.142. The Balaban J connectivity index is 2.88. The zero-order chi connectivity index (χ0) is 13.7. The van der Waals surface area contributed by atoms with Gasteiger partial charge in [-0.1, -0.05) is 12.1 Å². The van der Waals surface area contributed by atoms with Crippen LogP contribution in [0.1, 0.15) is 32.4 Å². The molecule has 0 radical (unpaired) electrons. The number of ether oxygens (including phenoxy) is 1. The molecule has 1 aromatic carbocycles. The summed E-state index contributed by atoms with van der Waals surface area (Å²) < 4.78 is 17.9. The molecule has 0 aliphatic heterocycles. The first kappa shape index (κ1) is 14.6. The topological polar surface area (TPSA) is 29.5 Å². The third-order valence-electron chi connectivity index (χ3n) is 3.15. The van der Waals surface area contributed by atoms with Crippen molar-refractivity contribution in [2.24, 2.45) is 0 Å². The third-order valence-corrected chi connectivity index (χ3v) is 3.15. The fourth-order valence-electron chi connectivity index (χ4n) is 1.88. The second-order valence-electron chi connectivity index (χ2n) is 4.23. The van der Waals surface area contributed by atoms with Crippen LogP contribution in [-0.4, -0.2) is 30.6 Å². The Bertz CT molecular complexity index is 391. The number of benzene rings is 1. The van der Waals surface area contributed by atoms with E-state index in [2.05, 4.69) is 0 Å². The maximum atomic E-state index is 12.9. The molecular weight excluding hydrogens is 233 g/mol. The second kappa shape index (κ2) is 6.50. The summed E-state index contributed by atoms with van der Waals surface area (Å²) in [7, 11) is 1.51. The average molecular weight is 253 g/mol. The molecule has 0 fully saturated rings. The number of methoxy groups -OCH3 is 1. The molecular formula is C14H20FNO2. The van der Waals surface area contributed by atoms with Crippen LogP contribution in [0.5, 0.6) is 0 Å². The molecule has 1 rings (SSSR count). The van der Waals surface area contributed by atoms with Crippen molar-refractivity contribution in [3.8, 4) is 0 Å². The first-order chi connectivity index (χ1) is 8.51. The van der Waals surface area contributed by atoms with Gasteiger partial charge in [-0.25, -0.2) is 4.39 Å². The van der Waals surface area contributed by atoms with Crippen LogP contribution in [0, 0.1) is 5.82 Å². The number of nitrogens with zero attached hydrogens (tertiary/aromatic N) is 1. The predicted molar refractivity (Wildman–Crippen MR) is 68.7 cm³/mol. The summed E-state index contributed by atoms with van der Waals surface area (Å²) in [6.45, 7) is 6.16. The first-order valence-corrected chi connectivity index (χ1v) is 6.10. The Labute approximate surface area is 108 Å². The van der Waals surface area contributed by atoms with Crippen LogP contribution in [0.25, 0.3) is 0 Å². The number of halogens is 1. The highest BCUT2D eigenvalue weighted by atomic mass is 19.1. The highest BCUT2D eigenvalue weighted by Gasteiger charge is 2.24. The quantitative estimate of drug-likeness (QED) is 0.807. The zero-order valence-electron chi connectivity index (χ0n) is 11.3. The van der Waals surface area contributed by atoms with Gasteiger partial charge in [-0.3, -0.25) is 4.79 Å². The molecule has 0 N–H and O–H groups in total. The number of carbonyl (C=O) groups is 1. The molecule has 2 unspecified atom stereocenters. The van der Waals surface area contributed by atoms with Gasteiger partial charge in [0.15, 0.2) is 0 Å². The van der Waals surface area contributed by atoms with E-state index in [1.165, 1.54) is 19.2 Å². The van der Waals surface area contributed by atoms with Gasteiger partial charge in [-0.05, 0) is 38.5 Å². The lowest BCUT2D eigenvalue weighted by atomic mass is 10.1. The van der Waals surface area contributed by atoms with Crippen LogP contribution in [0.15, 0.2) is 24.3 Å². The van der Waals surface area contributed by atoms with Crippen molar-refractivity contribution in [3.63, 3.8) is 0 Å². The molecule has 0 saturated heterocycles. The van der Waals surface area contributed by atoms with Crippen LogP contribution >= 0.6 is 0 Å². The molecule has 3 nitrogen and oxygen atoms in total. The summed E-state index contributed by atoms with van der Waals surface area (Å²) in [5.41, 5.74) is 0.912. The number of amides is 1. The van der Waals surface area contributed by atoms with Crippen molar-refractivity contribution in [3.05, 3.63) is 35.6 Å². The summed E-state index contributed by atoms with van der Waals surface area (Å²) in [4.78, 5) is 13.8. The van der Waals surface area contributed by atoms with Crippen molar-refractivity contribution in [2.75, 3.05) is 13.7 Å². The lowest BCUT2D eigenvalue weighted by Crippen LogP contribution is -2.40. The monoisotopic (exact) mass is 253 g/mol. The Morgan fingerprint density at radius 2 is 1.89 bits per heavy atom. The molecule has 0 aromatic heterocycles. The summed E-state index contributed by atoms with van der Waals surface area (Å²) >= 11 is 0. The van der Waals surface area contributed by atoms with E-state index in [9.17, 15) is 9.18 Å². The van der Waals surface area contributed by atoms with Crippen molar-refractivity contribution in [1.82, 2.24) is 4.90 Å². The van der Waals surface area contributed by atoms with E-state index in [0.717, 1.165) is 5.56 Å². The van der Waals surface area contributed by atoms with Crippen molar-refractivity contribution in [2.45, 2.75) is 32.9 Å². The molecule has 0 spiro atoms. The van der Waals surface area contributed by atoms with E-state index < -0.39 is 6.10 Å². The summed E-state index contributed by atoms with van der Waals surface area (Å²) in [6, 6.07) is 6.12. The van der Waals surface area contributed by atoms with Gasteiger partial charge in [0.05, 0.1) is 6.04 Å². The van der Waals surface area contributed by atoms with Crippen LogP contribution < -0.4 is 0 Å². The minimum Gasteiger partial charge on any atom is -0.372 e. The Kier molecular flexibility index (Phi) is 5.28. The number of rotatable bonds is 5. The van der Waals surface area contributed by atoms with Crippen LogP contribution in [0.2, 0.25) is 0 Å². The van der Waals surface area contributed by atoms with Crippen molar-refractivity contribution >= 4 is 5.91 Å². The maximum Gasteiger partial charge on any atom is 0.251 e. The van der Waals surface area contributed by atoms with Gasteiger partial charge in [0, 0.05) is 13.7 Å². The summed E-state index contributed by atoms with van der Waals surface area (Å²) in [5, 5.41) is 0. The Morgan fingerprint density at radius 1 is 1.33 bits per heavy atom. The SMILES string of the molecule is CCN(C(=O)C(C)OC)C(C)c1ccc(F)cc1. The van der Waals surface area contributed by atoms with Gasteiger partial charge in [-0.2, -0.15) is 0 Å². The van der Waals surface area contributed by atoms with E-state index in [4.69, 9.17) is 4.74 Å². The van der Waals surface area contributed by atoms with Crippen LogP contribution in [-0.2, 0) is 9.53 Å². The van der Waals surface area contributed by atoms with Gasteiger partial charge in [-0.15, -0.1) is 0 Å². The van der Waals surface area contributed by atoms with Gasteiger partial charge >= 0.3 is 0 Å². The second-order valence-corrected chi connectivity index (χ2v) is 4.23. The maximum absolute atomic E-state index is 12.9. The highest BCUT2D eigenvalue weighted by molar-refractivity contribution is 5.81. The van der Waals surface area contributed by atoms with E-state index in [-0.39, 0.29) is 17.8 Å². The van der Waals surface area contributed by atoms with Crippen molar-refractivity contribution in [1.29, 1.82) is 0 Å². The lowest BCUT2D eigenvalue weighted by Gasteiger charge is -2.30. The van der Waals surface area contributed by atoms with Crippen LogP contribution in [0.4, 0.5) is 4.39 Å². The van der Waals surface area contributed by atoms with Crippen LogP contribution in [0.3, 0.4) is 0 Å². The molecule has 0 aliphatic carbocycles. The molecule has 0 heterocycles. The predicted octanol–water partition coefficient (Wildman–Crippen LogP) is 2.77. The number of likely N-dealkylation sites (N-methyl/N-ethyl adjacent to an activating group) is 1. The molecule has 18 heavy (non-hydrogen) atoms. The van der Waals surface area contributed by atoms with E-state index in [1.807, 2.05) is 13.8 Å². The zero-order valence-corrected chi connectivity index (χ0v) is 11.3. The molecule has 1 aromatic rings. The number of hydrogen-bond acceptors (Lipinski definition) is 2. The molecule has 1 amide bonds.